The van der Waals surface area contributed by atoms with Crippen LogP contribution in [0.1, 0.15) is 24.2 Å². The molecule has 0 bridgehead atoms. The normalized spacial score (nSPS) is 13.1. The summed E-state index contributed by atoms with van der Waals surface area (Å²) in [6.07, 6.45) is -5.55. The lowest BCUT2D eigenvalue weighted by Crippen LogP contribution is -2.35. The summed E-state index contributed by atoms with van der Waals surface area (Å²) in [6.45, 7) is 2.27. The average Bonchev–Trinajstić information content (AvgIpc) is 2.38. The minimum absolute atomic E-state index is 0.00154. The van der Waals surface area contributed by atoms with Crippen molar-refractivity contribution in [3.63, 3.8) is 0 Å². The molecule has 1 rings (SSSR count). The van der Waals surface area contributed by atoms with Gasteiger partial charge in [0.25, 0.3) is 0 Å². The fourth-order valence-corrected chi connectivity index (χ4v) is 1.62. The predicted molar refractivity (Wildman–Crippen MR) is 68.0 cm³/mol. The molecule has 0 aliphatic heterocycles. The Hall–Kier alpha value is -1.60. The van der Waals surface area contributed by atoms with Crippen LogP contribution in [-0.4, -0.2) is 30.6 Å². The van der Waals surface area contributed by atoms with Crippen LogP contribution in [0.3, 0.4) is 0 Å². The highest BCUT2D eigenvalue weighted by Crippen LogP contribution is 2.30. The van der Waals surface area contributed by atoms with Crippen molar-refractivity contribution in [2.45, 2.75) is 19.2 Å². The third-order valence-electron chi connectivity index (χ3n) is 2.60. The first-order valence-corrected chi connectivity index (χ1v) is 6.17. The van der Waals surface area contributed by atoms with Gasteiger partial charge in [0.2, 0.25) is 5.91 Å². The Morgan fingerprint density at radius 1 is 1.40 bits per heavy atom. The highest BCUT2D eigenvalue weighted by Gasteiger charge is 2.30. The van der Waals surface area contributed by atoms with Gasteiger partial charge in [0.1, 0.15) is 0 Å². The summed E-state index contributed by atoms with van der Waals surface area (Å²) in [7, 11) is 0. The molecular formula is C13H17F3N2O2. The standard InChI is InChI=1S/C13H17F3N2O2/c1-2-18-12(20)8-17-7-11(19)9-4-3-5-10(6-9)13(14,15)16/h3-6,11,17,19H,2,7-8H2,1H3,(H,18,20). The van der Waals surface area contributed by atoms with Gasteiger partial charge in [-0.3, -0.25) is 4.79 Å². The van der Waals surface area contributed by atoms with E-state index in [-0.39, 0.29) is 24.6 Å². The second-order valence-electron chi connectivity index (χ2n) is 4.22. The Morgan fingerprint density at radius 3 is 2.70 bits per heavy atom. The Bertz CT molecular complexity index is 449. The summed E-state index contributed by atoms with van der Waals surface area (Å²) >= 11 is 0. The van der Waals surface area contributed by atoms with Crippen LogP contribution >= 0.6 is 0 Å². The van der Waals surface area contributed by atoms with Crippen LogP contribution in [0.15, 0.2) is 24.3 Å². The van der Waals surface area contributed by atoms with Gasteiger partial charge in [0.05, 0.1) is 18.2 Å². The first kappa shape index (κ1) is 16.5. The first-order chi connectivity index (χ1) is 9.34. The number of hydrogen-bond donors (Lipinski definition) is 3. The third kappa shape index (κ3) is 5.18. The van der Waals surface area contributed by atoms with Crippen molar-refractivity contribution < 1.29 is 23.1 Å². The molecule has 1 atom stereocenters. The average molecular weight is 290 g/mol. The van der Waals surface area contributed by atoms with E-state index in [1.54, 1.807) is 6.92 Å². The summed E-state index contributed by atoms with van der Waals surface area (Å²) in [5, 5.41) is 15.0. The number of likely N-dealkylation sites (N-methyl/N-ethyl adjacent to an activating group) is 1. The lowest BCUT2D eigenvalue weighted by atomic mass is 10.1. The van der Waals surface area contributed by atoms with Crippen LogP contribution < -0.4 is 10.6 Å². The van der Waals surface area contributed by atoms with Crippen LogP contribution in [0.4, 0.5) is 13.2 Å². The van der Waals surface area contributed by atoms with E-state index < -0.39 is 17.8 Å². The monoisotopic (exact) mass is 290 g/mol. The van der Waals surface area contributed by atoms with E-state index in [1.165, 1.54) is 12.1 Å². The molecule has 0 aromatic heterocycles. The minimum atomic E-state index is -4.44. The highest BCUT2D eigenvalue weighted by atomic mass is 19.4. The fraction of sp³-hybridized carbons (Fsp3) is 0.462. The summed E-state index contributed by atoms with van der Waals surface area (Å²) < 4.78 is 37.6. The number of carbonyl (C=O) groups is 1. The number of halogens is 3. The molecule has 1 aromatic rings. The molecule has 112 valence electrons. The third-order valence-corrected chi connectivity index (χ3v) is 2.60. The molecule has 1 unspecified atom stereocenters. The lowest BCUT2D eigenvalue weighted by molar-refractivity contribution is -0.137. The van der Waals surface area contributed by atoms with Crippen molar-refractivity contribution in [2.24, 2.45) is 0 Å². The molecule has 0 spiro atoms. The zero-order valence-electron chi connectivity index (χ0n) is 11.0. The van der Waals surface area contributed by atoms with E-state index in [2.05, 4.69) is 10.6 Å². The van der Waals surface area contributed by atoms with Crippen molar-refractivity contribution >= 4 is 5.91 Å². The number of aliphatic hydroxyl groups is 1. The molecule has 4 nitrogen and oxygen atoms in total. The zero-order valence-corrected chi connectivity index (χ0v) is 11.0. The van der Waals surface area contributed by atoms with Gasteiger partial charge in [0, 0.05) is 13.1 Å². The molecular weight excluding hydrogens is 273 g/mol. The van der Waals surface area contributed by atoms with Crippen molar-refractivity contribution in [2.75, 3.05) is 19.6 Å². The molecule has 0 saturated heterocycles. The number of alkyl halides is 3. The van der Waals surface area contributed by atoms with Crippen LogP contribution in [0.25, 0.3) is 0 Å². The van der Waals surface area contributed by atoms with Crippen molar-refractivity contribution in [3.05, 3.63) is 35.4 Å². The number of amides is 1. The van der Waals surface area contributed by atoms with Gasteiger partial charge in [-0.25, -0.2) is 0 Å². The number of aliphatic hydroxyl groups excluding tert-OH is 1. The van der Waals surface area contributed by atoms with Gasteiger partial charge in [-0.05, 0) is 24.6 Å². The van der Waals surface area contributed by atoms with E-state index in [0.717, 1.165) is 12.1 Å². The fourth-order valence-electron chi connectivity index (χ4n) is 1.62. The van der Waals surface area contributed by atoms with E-state index in [1.807, 2.05) is 0 Å². The van der Waals surface area contributed by atoms with Gasteiger partial charge in [-0.2, -0.15) is 13.2 Å². The first-order valence-electron chi connectivity index (χ1n) is 6.17. The number of carbonyl (C=O) groups excluding carboxylic acids is 1. The van der Waals surface area contributed by atoms with Crippen molar-refractivity contribution in [1.82, 2.24) is 10.6 Å². The molecule has 0 radical (unpaired) electrons. The van der Waals surface area contributed by atoms with Gasteiger partial charge in [0.15, 0.2) is 0 Å². The van der Waals surface area contributed by atoms with Gasteiger partial charge < -0.3 is 15.7 Å². The smallest absolute Gasteiger partial charge is 0.387 e. The maximum absolute atomic E-state index is 12.5. The van der Waals surface area contributed by atoms with Gasteiger partial charge in [-0.1, -0.05) is 12.1 Å². The molecule has 1 aromatic carbocycles. The van der Waals surface area contributed by atoms with Gasteiger partial charge >= 0.3 is 6.18 Å². The van der Waals surface area contributed by atoms with Crippen LogP contribution in [0.2, 0.25) is 0 Å². The predicted octanol–water partition coefficient (Wildman–Crippen LogP) is 1.46. The van der Waals surface area contributed by atoms with E-state index in [4.69, 9.17) is 0 Å². The zero-order chi connectivity index (χ0) is 15.2. The maximum Gasteiger partial charge on any atom is 0.416 e. The topological polar surface area (TPSA) is 61.4 Å². The molecule has 0 aliphatic rings. The molecule has 0 heterocycles. The number of nitrogens with one attached hydrogen (secondary N) is 2. The molecule has 0 saturated carbocycles. The number of hydrogen-bond acceptors (Lipinski definition) is 3. The second kappa shape index (κ2) is 7.25. The Kier molecular flexibility index (Phi) is 5.97. The minimum Gasteiger partial charge on any atom is -0.387 e. The Labute approximate surface area is 115 Å². The maximum atomic E-state index is 12.5. The van der Waals surface area contributed by atoms with E-state index in [9.17, 15) is 23.1 Å². The molecule has 7 heteroatoms. The summed E-state index contributed by atoms with van der Waals surface area (Å²) in [6, 6.07) is 4.50. The molecule has 20 heavy (non-hydrogen) atoms. The lowest BCUT2D eigenvalue weighted by Gasteiger charge is -2.14. The number of rotatable bonds is 6. The molecule has 0 fully saturated rings. The van der Waals surface area contributed by atoms with E-state index in [0.29, 0.717) is 6.54 Å². The van der Waals surface area contributed by atoms with Crippen LogP contribution in [-0.2, 0) is 11.0 Å². The van der Waals surface area contributed by atoms with Crippen molar-refractivity contribution in [1.29, 1.82) is 0 Å². The van der Waals surface area contributed by atoms with Crippen molar-refractivity contribution in [3.8, 4) is 0 Å². The summed E-state index contributed by atoms with van der Waals surface area (Å²) in [5.74, 6) is -0.233. The molecule has 0 aliphatic carbocycles. The second-order valence-corrected chi connectivity index (χ2v) is 4.22. The SMILES string of the molecule is CCNC(=O)CNCC(O)c1cccc(C(F)(F)F)c1. The number of benzene rings is 1. The van der Waals surface area contributed by atoms with Gasteiger partial charge in [-0.15, -0.1) is 0 Å². The van der Waals surface area contributed by atoms with Crippen LogP contribution in [0, 0.1) is 0 Å². The van der Waals surface area contributed by atoms with E-state index >= 15 is 0 Å². The molecule has 1 amide bonds. The summed E-state index contributed by atoms with van der Waals surface area (Å²) in [4.78, 5) is 11.1. The highest BCUT2D eigenvalue weighted by molar-refractivity contribution is 5.77. The quantitative estimate of drug-likeness (QED) is 0.743. The largest absolute Gasteiger partial charge is 0.416 e. The molecule has 3 N–H and O–H groups in total. The summed E-state index contributed by atoms with van der Waals surface area (Å²) in [5.41, 5.74) is -0.652. The Morgan fingerprint density at radius 2 is 2.10 bits per heavy atom. The Balaban J connectivity index is 2.55. The van der Waals surface area contributed by atoms with Crippen LogP contribution in [0.5, 0.6) is 0 Å².